The number of nitrogens with one attached hydrogen (secondary N) is 1. The summed E-state index contributed by atoms with van der Waals surface area (Å²) in [6.07, 6.45) is 3.00. The van der Waals surface area contributed by atoms with Crippen molar-refractivity contribution in [3.05, 3.63) is 48.3 Å². The van der Waals surface area contributed by atoms with Crippen LogP contribution < -0.4 is 5.32 Å². The molecule has 0 spiro atoms. The molecule has 4 nitrogen and oxygen atoms in total. The molecule has 2 rings (SSSR count). The van der Waals surface area contributed by atoms with E-state index in [-0.39, 0.29) is 5.56 Å². The summed E-state index contributed by atoms with van der Waals surface area (Å²) >= 11 is 0. The minimum absolute atomic E-state index is 0.188. The van der Waals surface area contributed by atoms with Gasteiger partial charge in [0, 0.05) is 36.3 Å². The average Bonchev–Trinajstić information content (AvgIpc) is 2.39. The van der Waals surface area contributed by atoms with Crippen molar-refractivity contribution in [1.29, 1.82) is 0 Å². The van der Waals surface area contributed by atoms with E-state index in [2.05, 4.69) is 10.3 Å². The Morgan fingerprint density at radius 3 is 2.76 bits per heavy atom. The number of rotatable bonds is 3. The van der Waals surface area contributed by atoms with Gasteiger partial charge in [0.25, 0.3) is 0 Å². The van der Waals surface area contributed by atoms with Crippen LogP contribution in [-0.2, 0) is 0 Å². The highest BCUT2D eigenvalue weighted by Crippen LogP contribution is 2.27. The normalized spacial score (nSPS) is 9.94. The molecule has 1 aromatic carbocycles. The minimum Gasteiger partial charge on any atom is -0.478 e. The van der Waals surface area contributed by atoms with Gasteiger partial charge in [-0.05, 0) is 12.1 Å². The number of carbonyl (C=O) groups is 1. The monoisotopic (exact) mass is 228 g/mol. The fourth-order valence-electron chi connectivity index (χ4n) is 1.66. The maximum atomic E-state index is 10.9. The van der Waals surface area contributed by atoms with Gasteiger partial charge in [-0.3, -0.25) is 4.98 Å². The van der Waals surface area contributed by atoms with E-state index in [1.54, 1.807) is 12.3 Å². The summed E-state index contributed by atoms with van der Waals surface area (Å²) in [6.45, 7) is 0. The third-order valence-corrected chi connectivity index (χ3v) is 2.49. The highest BCUT2D eigenvalue weighted by Gasteiger charge is 2.07. The molecule has 2 N–H and O–H groups in total. The summed E-state index contributed by atoms with van der Waals surface area (Å²) in [5.41, 5.74) is 2.85. The van der Waals surface area contributed by atoms with E-state index in [9.17, 15) is 4.79 Å². The lowest BCUT2D eigenvalue weighted by Crippen LogP contribution is -1.98. The van der Waals surface area contributed by atoms with Crippen LogP contribution in [0.4, 0.5) is 5.69 Å². The smallest absolute Gasteiger partial charge is 0.337 e. The third-order valence-electron chi connectivity index (χ3n) is 2.49. The van der Waals surface area contributed by atoms with Gasteiger partial charge in [0.15, 0.2) is 0 Å². The van der Waals surface area contributed by atoms with Crippen LogP contribution in [0.25, 0.3) is 11.1 Å². The number of aromatic nitrogens is 1. The number of carboxylic acid groups (broad SMARTS) is 1. The lowest BCUT2D eigenvalue weighted by atomic mass is 10.0. The average molecular weight is 228 g/mol. The second kappa shape index (κ2) is 4.65. The molecule has 0 amide bonds. The number of anilines is 1. The van der Waals surface area contributed by atoms with Crippen LogP contribution in [0.2, 0.25) is 0 Å². The zero-order valence-electron chi connectivity index (χ0n) is 9.34. The Bertz CT molecular complexity index is 553. The molecule has 4 heteroatoms. The summed E-state index contributed by atoms with van der Waals surface area (Å²) in [4.78, 5) is 14.8. The summed E-state index contributed by atoms with van der Waals surface area (Å²) in [5.74, 6) is -0.971. The van der Waals surface area contributed by atoms with E-state index < -0.39 is 5.97 Å². The molecule has 86 valence electrons. The van der Waals surface area contributed by atoms with Crippen LogP contribution in [-0.4, -0.2) is 23.1 Å². The number of nitrogens with zero attached hydrogens (tertiary/aromatic N) is 1. The van der Waals surface area contributed by atoms with Crippen LogP contribution in [0, 0.1) is 0 Å². The standard InChI is InChI=1S/C13H12N2O2/c1-14-12-5-3-2-4-11(12)9-6-10(13(16)17)8-15-7-9/h2-8,14H,1H3,(H,16,17). The van der Waals surface area contributed by atoms with Crippen LogP contribution >= 0.6 is 0 Å². The van der Waals surface area contributed by atoms with Crippen molar-refractivity contribution in [1.82, 2.24) is 4.98 Å². The molecule has 0 aliphatic carbocycles. The first-order valence-corrected chi connectivity index (χ1v) is 5.18. The predicted octanol–water partition coefficient (Wildman–Crippen LogP) is 2.49. The van der Waals surface area contributed by atoms with Crippen LogP contribution in [0.1, 0.15) is 10.4 Å². The Labute approximate surface area is 98.9 Å². The molecule has 2 aromatic rings. The van der Waals surface area contributed by atoms with Crippen molar-refractivity contribution >= 4 is 11.7 Å². The van der Waals surface area contributed by atoms with Gasteiger partial charge in [0.1, 0.15) is 0 Å². The highest BCUT2D eigenvalue weighted by molar-refractivity contribution is 5.89. The Kier molecular flexibility index (Phi) is 3.05. The molecule has 0 fully saturated rings. The number of pyridine rings is 1. The minimum atomic E-state index is -0.971. The fraction of sp³-hybridized carbons (Fsp3) is 0.0769. The second-order valence-electron chi connectivity index (χ2n) is 3.56. The third kappa shape index (κ3) is 2.25. The van der Waals surface area contributed by atoms with Crippen molar-refractivity contribution in [2.45, 2.75) is 0 Å². The fourth-order valence-corrected chi connectivity index (χ4v) is 1.66. The summed E-state index contributed by atoms with van der Waals surface area (Å²) in [6, 6.07) is 9.30. The number of benzene rings is 1. The number of hydrogen-bond donors (Lipinski definition) is 2. The number of para-hydroxylation sites is 1. The van der Waals surface area contributed by atoms with E-state index in [1.807, 2.05) is 31.3 Å². The van der Waals surface area contributed by atoms with E-state index in [4.69, 9.17) is 5.11 Å². The highest BCUT2D eigenvalue weighted by atomic mass is 16.4. The molecule has 0 radical (unpaired) electrons. The molecule has 0 aliphatic rings. The second-order valence-corrected chi connectivity index (χ2v) is 3.56. The topological polar surface area (TPSA) is 62.2 Å². The van der Waals surface area contributed by atoms with Gasteiger partial charge in [0.05, 0.1) is 5.56 Å². The molecule has 0 saturated carbocycles. The summed E-state index contributed by atoms with van der Waals surface area (Å²) < 4.78 is 0. The molecule has 0 aliphatic heterocycles. The number of aromatic carboxylic acids is 1. The molecule has 0 saturated heterocycles. The van der Waals surface area contributed by atoms with Crippen molar-refractivity contribution in [2.75, 3.05) is 12.4 Å². The van der Waals surface area contributed by atoms with Gasteiger partial charge in [-0.15, -0.1) is 0 Å². The molecule has 17 heavy (non-hydrogen) atoms. The maximum absolute atomic E-state index is 10.9. The Morgan fingerprint density at radius 2 is 2.06 bits per heavy atom. The number of hydrogen-bond acceptors (Lipinski definition) is 3. The van der Waals surface area contributed by atoms with Gasteiger partial charge in [0.2, 0.25) is 0 Å². The van der Waals surface area contributed by atoms with Crippen molar-refractivity contribution in [3.8, 4) is 11.1 Å². The lowest BCUT2D eigenvalue weighted by Gasteiger charge is -2.08. The molecule has 0 atom stereocenters. The van der Waals surface area contributed by atoms with Crippen LogP contribution in [0.15, 0.2) is 42.7 Å². The molecular weight excluding hydrogens is 216 g/mol. The molecule has 0 unspecified atom stereocenters. The Morgan fingerprint density at radius 1 is 1.29 bits per heavy atom. The van der Waals surface area contributed by atoms with Gasteiger partial charge < -0.3 is 10.4 Å². The first kappa shape index (κ1) is 11.1. The maximum Gasteiger partial charge on any atom is 0.337 e. The quantitative estimate of drug-likeness (QED) is 0.847. The first-order chi connectivity index (χ1) is 8.22. The van der Waals surface area contributed by atoms with Crippen LogP contribution in [0.3, 0.4) is 0 Å². The molecule has 0 bridgehead atoms. The van der Waals surface area contributed by atoms with Crippen molar-refractivity contribution < 1.29 is 9.90 Å². The summed E-state index contributed by atoms with van der Waals surface area (Å²) in [5, 5.41) is 12.0. The largest absolute Gasteiger partial charge is 0.478 e. The number of carboxylic acids is 1. The molecular formula is C13H12N2O2. The lowest BCUT2D eigenvalue weighted by molar-refractivity contribution is 0.0696. The van der Waals surface area contributed by atoms with E-state index in [0.717, 1.165) is 16.8 Å². The Hall–Kier alpha value is -2.36. The van der Waals surface area contributed by atoms with Crippen LogP contribution in [0.5, 0.6) is 0 Å². The van der Waals surface area contributed by atoms with Gasteiger partial charge in [-0.2, -0.15) is 0 Å². The molecule has 1 aromatic heterocycles. The summed E-state index contributed by atoms with van der Waals surface area (Å²) in [7, 11) is 1.83. The van der Waals surface area contributed by atoms with E-state index in [0.29, 0.717) is 0 Å². The van der Waals surface area contributed by atoms with E-state index in [1.165, 1.54) is 6.20 Å². The van der Waals surface area contributed by atoms with Gasteiger partial charge >= 0.3 is 5.97 Å². The molecule has 1 heterocycles. The zero-order valence-corrected chi connectivity index (χ0v) is 9.34. The van der Waals surface area contributed by atoms with Crippen molar-refractivity contribution in [2.24, 2.45) is 0 Å². The van der Waals surface area contributed by atoms with Gasteiger partial charge in [-0.1, -0.05) is 18.2 Å². The SMILES string of the molecule is CNc1ccccc1-c1cncc(C(=O)O)c1. The predicted molar refractivity (Wildman–Crippen MR) is 66.2 cm³/mol. The Balaban J connectivity index is 2.52. The van der Waals surface area contributed by atoms with Gasteiger partial charge in [-0.25, -0.2) is 4.79 Å². The van der Waals surface area contributed by atoms with E-state index >= 15 is 0 Å². The zero-order chi connectivity index (χ0) is 12.3. The first-order valence-electron chi connectivity index (χ1n) is 5.18. The van der Waals surface area contributed by atoms with Crippen molar-refractivity contribution in [3.63, 3.8) is 0 Å².